The molecule has 2 rings (SSSR count). The fourth-order valence-corrected chi connectivity index (χ4v) is 1.88. The molecule has 0 saturated heterocycles. The predicted molar refractivity (Wildman–Crippen MR) is 55.0 cm³/mol. The quantitative estimate of drug-likeness (QED) is 0.650. The van der Waals surface area contributed by atoms with Crippen molar-refractivity contribution in [1.29, 1.82) is 0 Å². The van der Waals surface area contributed by atoms with Crippen LogP contribution in [0.4, 0.5) is 11.5 Å². The molecular weight excluding hydrogens is 162 g/mol. The molecule has 1 aromatic heterocycles. The predicted octanol–water partition coefficient (Wildman–Crippen LogP) is 1.35. The van der Waals surface area contributed by atoms with Crippen LogP contribution in [0.2, 0.25) is 0 Å². The van der Waals surface area contributed by atoms with Gasteiger partial charge in [-0.3, -0.25) is 0 Å². The van der Waals surface area contributed by atoms with Crippen LogP contribution in [-0.2, 0) is 6.42 Å². The van der Waals surface area contributed by atoms with E-state index in [-0.39, 0.29) is 0 Å². The van der Waals surface area contributed by atoms with Crippen LogP contribution in [0.5, 0.6) is 0 Å². The van der Waals surface area contributed by atoms with Gasteiger partial charge in [-0.05, 0) is 25.8 Å². The second-order valence-electron chi connectivity index (χ2n) is 3.68. The first kappa shape index (κ1) is 8.35. The van der Waals surface area contributed by atoms with E-state index in [4.69, 9.17) is 5.73 Å². The minimum atomic E-state index is 0.897. The molecule has 0 saturated carbocycles. The largest absolute Gasteiger partial charge is 0.398 e. The van der Waals surface area contributed by atoms with Crippen molar-refractivity contribution in [2.75, 3.05) is 24.2 Å². The maximum absolute atomic E-state index is 5.94. The molecular formula is C10H15N3. The molecule has 0 amide bonds. The zero-order chi connectivity index (χ0) is 9.42. The average molecular weight is 177 g/mol. The number of aromatic nitrogens is 1. The van der Waals surface area contributed by atoms with E-state index in [1.165, 1.54) is 12.0 Å². The molecule has 1 aliphatic heterocycles. The first-order chi connectivity index (χ1) is 6.18. The molecule has 0 aromatic carbocycles. The highest BCUT2D eigenvalue weighted by atomic mass is 15.2. The molecule has 3 nitrogen and oxygen atoms in total. The van der Waals surface area contributed by atoms with E-state index in [0.717, 1.165) is 30.2 Å². The van der Waals surface area contributed by atoms with Crippen molar-refractivity contribution in [3.63, 3.8) is 0 Å². The highest BCUT2D eigenvalue weighted by Crippen LogP contribution is 2.28. The summed E-state index contributed by atoms with van der Waals surface area (Å²) >= 11 is 0. The van der Waals surface area contributed by atoms with Crippen LogP contribution in [-0.4, -0.2) is 18.6 Å². The van der Waals surface area contributed by atoms with Crippen molar-refractivity contribution in [3.8, 4) is 0 Å². The van der Waals surface area contributed by atoms with Gasteiger partial charge >= 0.3 is 0 Å². The third-order valence-corrected chi connectivity index (χ3v) is 2.55. The van der Waals surface area contributed by atoms with Crippen molar-refractivity contribution in [1.82, 2.24) is 4.98 Å². The average Bonchev–Trinajstić information content (AvgIpc) is 2.07. The summed E-state index contributed by atoms with van der Waals surface area (Å²) in [4.78, 5) is 6.68. The molecule has 0 fully saturated rings. The van der Waals surface area contributed by atoms with E-state index in [2.05, 4.69) is 16.9 Å². The molecule has 0 radical (unpaired) electrons. The summed E-state index contributed by atoms with van der Waals surface area (Å²) in [5.41, 5.74) is 9.06. The van der Waals surface area contributed by atoms with Crippen LogP contribution < -0.4 is 10.6 Å². The molecule has 0 atom stereocenters. The Balaban J connectivity index is 2.56. The zero-order valence-electron chi connectivity index (χ0n) is 8.17. The molecule has 1 aromatic rings. The summed E-state index contributed by atoms with van der Waals surface area (Å²) in [7, 11) is 2.07. The van der Waals surface area contributed by atoms with Gasteiger partial charge in [-0.2, -0.15) is 0 Å². The van der Waals surface area contributed by atoms with Crippen molar-refractivity contribution in [2.45, 2.75) is 19.8 Å². The Morgan fingerprint density at radius 2 is 2.31 bits per heavy atom. The second kappa shape index (κ2) is 2.91. The minimum absolute atomic E-state index is 0.897. The van der Waals surface area contributed by atoms with Gasteiger partial charge in [0, 0.05) is 30.5 Å². The van der Waals surface area contributed by atoms with Gasteiger partial charge in [-0.1, -0.05) is 0 Å². The third kappa shape index (κ3) is 1.34. The van der Waals surface area contributed by atoms with Crippen LogP contribution in [0.15, 0.2) is 6.07 Å². The number of nitrogens with two attached hydrogens (primary N) is 1. The molecule has 1 aliphatic rings. The van der Waals surface area contributed by atoms with Gasteiger partial charge in [-0.15, -0.1) is 0 Å². The topological polar surface area (TPSA) is 42.1 Å². The van der Waals surface area contributed by atoms with Crippen LogP contribution >= 0.6 is 0 Å². The summed E-state index contributed by atoms with van der Waals surface area (Å²) < 4.78 is 0. The molecule has 0 aliphatic carbocycles. The van der Waals surface area contributed by atoms with Gasteiger partial charge in [-0.25, -0.2) is 4.98 Å². The van der Waals surface area contributed by atoms with E-state index >= 15 is 0 Å². The Bertz CT molecular complexity index is 333. The number of hydrogen-bond acceptors (Lipinski definition) is 3. The number of nitrogen functional groups attached to an aromatic ring is 1. The number of hydrogen-bond donors (Lipinski definition) is 1. The highest BCUT2D eigenvalue weighted by molar-refractivity contribution is 5.62. The Morgan fingerprint density at radius 3 is 3.08 bits per heavy atom. The van der Waals surface area contributed by atoms with Crippen molar-refractivity contribution < 1.29 is 0 Å². The van der Waals surface area contributed by atoms with E-state index in [1.807, 2.05) is 13.0 Å². The van der Waals surface area contributed by atoms with E-state index in [1.54, 1.807) is 0 Å². The van der Waals surface area contributed by atoms with Gasteiger partial charge in [0.2, 0.25) is 0 Å². The molecule has 13 heavy (non-hydrogen) atoms. The number of fused-ring (bicyclic) bond motifs is 1. The van der Waals surface area contributed by atoms with Crippen molar-refractivity contribution >= 4 is 11.5 Å². The summed E-state index contributed by atoms with van der Waals surface area (Å²) in [6.45, 7) is 3.07. The molecule has 0 bridgehead atoms. The summed E-state index contributed by atoms with van der Waals surface area (Å²) in [5.74, 6) is 1.07. The molecule has 2 N–H and O–H groups in total. The lowest BCUT2D eigenvalue weighted by Crippen LogP contribution is -2.26. The Kier molecular flexibility index (Phi) is 1.87. The van der Waals surface area contributed by atoms with Crippen molar-refractivity contribution in [3.05, 3.63) is 17.3 Å². The fraction of sp³-hybridized carbons (Fsp3) is 0.500. The smallest absolute Gasteiger partial charge is 0.133 e. The van der Waals surface area contributed by atoms with Gasteiger partial charge in [0.25, 0.3) is 0 Å². The standard InChI is InChI=1S/C10H15N3/c1-7-6-9(11)8-4-3-5-13(2)10(8)12-7/h6H,3-5H2,1-2H3,(H2,11,12). The normalized spacial score (nSPS) is 15.7. The SMILES string of the molecule is Cc1cc(N)c2c(n1)N(C)CCC2. The molecule has 70 valence electrons. The molecule has 2 heterocycles. The Morgan fingerprint density at radius 1 is 1.54 bits per heavy atom. The lowest BCUT2D eigenvalue weighted by atomic mass is 10.0. The maximum Gasteiger partial charge on any atom is 0.133 e. The van der Waals surface area contributed by atoms with E-state index < -0.39 is 0 Å². The number of rotatable bonds is 0. The molecule has 0 unspecified atom stereocenters. The first-order valence-corrected chi connectivity index (χ1v) is 4.65. The first-order valence-electron chi connectivity index (χ1n) is 4.65. The number of anilines is 2. The lowest BCUT2D eigenvalue weighted by molar-refractivity contribution is 0.730. The van der Waals surface area contributed by atoms with E-state index in [0.29, 0.717) is 0 Å². The lowest BCUT2D eigenvalue weighted by Gasteiger charge is -2.27. The molecule has 0 spiro atoms. The fourth-order valence-electron chi connectivity index (χ4n) is 1.88. The van der Waals surface area contributed by atoms with Crippen LogP contribution in [0, 0.1) is 6.92 Å². The van der Waals surface area contributed by atoms with Crippen LogP contribution in [0.1, 0.15) is 17.7 Å². The van der Waals surface area contributed by atoms with Crippen molar-refractivity contribution in [2.24, 2.45) is 0 Å². The van der Waals surface area contributed by atoms with Crippen LogP contribution in [0.25, 0.3) is 0 Å². The summed E-state index contributed by atoms with van der Waals surface area (Å²) in [6.07, 6.45) is 2.25. The van der Waals surface area contributed by atoms with Gasteiger partial charge in [0.15, 0.2) is 0 Å². The summed E-state index contributed by atoms with van der Waals surface area (Å²) in [6, 6.07) is 1.96. The summed E-state index contributed by atoms with van der Waals surface area (Å²) in [5, 5.41) is 0. The maximum atomic E-state index is 5.94. The monoisotopic (exact) mass is 177 g/mol. The van der Waals surface area contributed by atoms with Gasteiger partial charge in [0.05, 0.1) is 0 Å². The number of pyridine rings is 1. The zero-order valence-corrected chi connectivity index (χ0v) is 8.17. The third-order valence-electron chi connectivity index (χ3n) is 2.55. The minimum Gasteiger partial charge on any atom is -0.398 e. The molecule has 3 heteroatoms. The number of nitrogens with zero attached hydrogens (tertiary/aromatic N) is 2. The Labute approximate surface area is 78.6 Å². The van der Waals surface area contributed by atoms with E-state index in [9.17, 15) is 0 Å². The number of aryl methyl sites for hydroxylation is 1. The van der Waals surface area contributed by atoms with Gasteiger partial charge < -0.3 is 10.6 Å². The van der Waals surface area contributed by atoms with Crippen LogP contribution in [0.3, 0.4) is 0 Å². The van der Waals surface area contributed by atoms with Gasteiger partial charge in [0.1, 0.15) is 5.82 Å². The second-order valence-corrected chi connectivity index (χ2v) is 3.68. The highest BCUT2D eigenvalue weighted by Gasteiger charge is 2.17. The Hall–Kier alpha value is -1.25.